The lowest BCUT2D eigenvalue weighted by molar-refractivity contribution is -0.147. The number of hydrogen-bond donors (Lipinski definition) is 2. The quantitative estimate of drug-likeness (QED) is 0.757. The zero-order valence-electron chi connectivity index (χ0n) is 10.9. The molecule has 6 heteroatoms. The van der Waals surface area contributed by atoms with Crippen LogP contribution >= 0.6 is 0 Å². The number of ether oxygens (including phenoxy) is 1. The molecule has 0 aliphatic rings. The predicted octanol–water partition coefficient (Wildman–Crippen LogP) is 0.477. The number of esters is 1. The molecule has 0 heterocycles. The van der Waals surface area contributed by atoms with Crippen molar-refractivity contribution in [3.05, 3.63) is 29.8 Å². The Bertz CT molecular complexity index is 468. The van der Waals surface area contributed by atoms with Crippen LogP contribution in [0.5, 0.6) is 0 Å². The van der Waals surface area contributed by atoms with Crippen LogP contribution in [0.4, 0.5) is 5.69 Å². The van der Waals surface area contributed by atoms with Gasteiger partial charge >= 0.3 is 5.97 Å². The maximum atomic E-state index is 11.4. The van der Waals surface area contributed by atoms with Crippen LogP contribution < -0.4 is 10.6 Å². The van der Waals surface area contributed by atoms with Gasteiger partial charge in [-0.15, -0.1) is 0 Å². The Hall–Kier alpha value is -2.37. The first-order valence-corrected chi connectivity index (χ1v) is 5.74. The highest BCUT2D eigenvalue weighted by atomic mass is 16.5. The highest BCUT2D eigenvalue weighted by Crippen LogP contribution is 2.10. The summed E-state index contributed by atoms with van der Waals surface area (Å²) in [6.45, 7) is 1.14. The zero-order chi connectivity index (χ0) is 14.3. The monoisotopic (exact) mass is 264 g/mol. The van der Waals surface area contributed by atoms with Gasteiger partial charge in [-0.05, 0) is 17.7 Å². The van der Waals surface area contributed by atoms with Crippen LogP contribution in [0.3, 0.4) is 0 Å². The van der Waals surface area contributed by atoms with E-state index in [2.05, 4.69) is 10.6 Å². The van der Waals surface area contributed by atoms with Gasteiger partial charge in [-0.25, -0.2) is 0 Å². The number of hydrogen-bond acceptors (Lipinski definition) is 4. The number of rotatable bonds is 5. The molecule has 0 fully saturated rings. The van der Waals surface area contributed by atoms with Gasteiger partial charge in [-0.1, -0.05) is 12.1 Å². The minimum absolute atomic E-state index is 0.0807. The van der Waals surface area contributed by atoms with Gasteiger partial charge in [0.2, 0.25) is 5.91 Å². The second-order valence-corrected chi connectivity index (χ2v) is 3.89. The van der Waals surface area contributed by atoms with Crippen LogP contribution in [0.25, 0.3) is 0 Å². The van der Waals surface area contributed by atoms with E-state index in [-0.39, 0.29) is 24.8 Å². The third-order valence-electron chi connectivity index (χ3n) is 2.27. The summed E-state index contributed by atoms with van der Waals surface area (Å²) in [6, 6.07) is 6.82. The van der Waals surface area contributed by atoms with Crippen molar-refractivity contribution in [1.82, 2.24) is 5.32 Å². The molecule has 0 radical (unpaired) electrons. The Balaban J connectivity index is 2.46. The lowest BCUT2D eigenvalue weighted by Crippen LogP contribution is -2.25. The van der Waals surface area contributed by atoms with E-state index in [1.54, 1.807) is 24.3 Å². The second-order valence-electron chi connectivity index (χ2n) is 3.89. The van der Waals surface area contributed by atoms with E-state index in [9.17, 15) is 14.4 Å². The van der Waals surface area contributed by atoms with Gasteiger partial charge in [-0.2, -0.15) is 0 Å². The lowest BCUT2D eigenvalue weighted by atomic mass is 10.1. The van der Waals surface area contributed by atoms with E-state index in [0.29, 0.717) is 5.69 Å². The normalized spacial score (nSPS) is 9.58. The molecule has 1 aromatic carbocycles. The minimum Gasteiger partial charge on any atom is -0.455 e. The first kappa shape index (κ1) is 14.7. The van der Waals surface area contributed by atoms with E-state index >= 15 is 0 Å². The molecule has 2 amide bonds. The van der Waals surface area contributed by atoms with Gasteiger partial charge in [0.15, 0.2) is 6.61 Å². The van der Waals surface area contributed by atoms with Crippen molar-refractivity contribution in [2.75, 3.05) is 19.0 Å². The van der Waals surface area contributed by atoms with Crippen molar-refractivity contribution in [1.29, 1.82) is 0 Å². The smallest absolute Gasteiger partial charge is 0.310 e. The number of carbonyl (C=O) groups excluding carboxylic acids is 3. The number of carbonyl (C=O) groups is 3. The number of anilines is 1. The summed E-state index contributed by atoms with van der Waals surface area (Å²) in [7, 11) is 1.47. The van der Waals surface area contributed by atoms with Crippen molar-refractivity contribution in [2.24, 2.45) is 0 Å². The second kappa shape index (κ2) is 7.15. The fourth-order valence-electron chi connectivity index (χ4n) is 1.35. The number of nitrogens with one attached hydrogen (secondary N) is 2. The maximum absolute atomic E-state index is 11.4. The Morgan fingerprint density at radius 1 is 1.16 bits per heavy atom. The van der Waals surface area contributed by atoms with Crippen LogP contribution in [0, 0.1) is 0 Å². The molecule has 0 spiro atoms. The SMILES string of the molecule is CNC(=O)COC(=O)Cc1ccc(NC(C)=O)cc1. The number of benzene rings is 1. The molecule has 19 heavy (non-hydrogen) atoms. The topological polar surface area (TPSA) is 84.5 Å². The molecule has 0 atom stereocenters. The van der Waals surface area contributed by atoms with Crippen LogP contribution in [-0.4, -0.2) is 31.4 Å². The molecule has 102 valence electrons. The zero-order valence-corrected chi connectivity index (χ0v) is 10.9. The van der Waals surface area contributed by atoms with E-state index in [1.807, 2.05) is 0 Å². The minimum atomic E-state index is -0.476. The molecule has 0 aromatic heterocycles. The average Bonchev–Trinajstić information content (AvgIpc) is 2.37. The highest BCUT2D eigenvalue weighted by molar-refractivity contribution is 5.88. The molecule has 1 aromatic rings. The Morgan fingerprint density at radius 2 is 1.79 bits per heavy atom. The molecular formula is C13H16N2O4. The first-order valence-electron chi connectivity index (χ1n) is 5.74. The summed E-state index contributed by atoms with van der Waals surface area (Å²) < 4.78 is 4.77. The predicted molar refractivity (Wildman–Crippen MR) is 69.5 cm³/mol. The van der Waals surface area contributed by atoms with Crippen LogP contribution in [-0.2, 0) is 25.5 Å². The summed E-state index contributed by atoms with van der Waals surface area (Å²) >= 11 is 0. The molecule has 0 aliphatic heterocycles. The van der Waals surface area contributed by atoms with Crippen LogP contribution in [0.1, 0.15) is 12.5 Å². The highest BCUT2D eigenvalue weighted by Gasteiger charge is 2.07. The largest absolute Gasteiger partial charge is 0.455 e. The van der Waals surface area contributed by atoms with Crippen LogP contribution in [0.15, 0.2) is 24.3 Å². The number of amides is 2. The maximum Gasteiger partial charge on any atom is 0.310 e. The Morgan fingerprint density at radius 3 is 2.32 bits per heavy atom. The Kier molecular flexibility index (Phi) is 5.53. The van der Waals surface area contributed by atoms with E-state index < -0.39 is 5.97 Å². The van der Waals surface area contributed by atoms with Crippen LogP contribution in [0.2, 0.25) is 0 Å². The fraction of sp³-hybridized carbons (Fsp3) is 0.308. The van der Waals surface area contributed by atoms with E-state index in [4.69, 9.17) is 4.74 Å². The third kappa shape index (κ3) is 5.67. The van der Waals surface area contributed by atoms with Crippen molar-refractivity contribution >= 4 is 23.5 Å². The van der Waals surface area contributed by atoms with Gasteiger partial charge in [0, 0.05) is 19.7 Å². The summed E-state index contributed by atoms with van der Waals surface area (Å²) in [5.74, 6) is -0.983. The molecule has 0 unspecified atom stereocenters. The lowest BCUT2D eigenvalue weighted by Gasteiger charge is -2.05. The van der Waals surface area contributed by atoms with Gasteiger partial charge in [-0.3, -0.25) is 14.4 Å². The summed E-state index contributed by atoms with van der Waals surface area (Å²) in [5.41, 5.74) is 1.41. The summed E-state index contributed by atoms with van der Waals surface area (Å²) in [4.78, 5) is 33.1. The van der Waals surface area contributed by atoms with Crippen molar-refractivity contribution in [3.8, 4) is 0 Å². The van der Waals surface area contributed by atoms with Crippen molar-refractivity contribution < 1.29 is 19.1 Å². The fourth-order valence-corrected chi connectivity index (χ4v) is 1.35. The molecule has 1 rings (SSSR count). The molecule has 0 saturated carbocycles. The Labute approximate surface area is 111 Å². The van der Waals surface area contributed by atoms with Gasteiger partial charge in [0.05, 0.1) is 6.42 Å². The molecule has 0 saturated heterocycles. The van der Waals surface area contributed by atoms with Gasteiger partial charge in [0.25, 0.3) is 5.91 Å². The van der Waals surface area contributed by atoms with Crippen molar-refractivity contribution in [2.45, 2.75) is 13.3 Å². The standard InChI is InChI=1S/C13H16N2O4/c1-9(16)15-11-5-3-10(4-6-11)7-13(18)19-8-12(17)14-2/h3-6H,7-8H2,1-2H3,(H,14,17)(H,15,16). The number of likely N-dealkylation sites (N-methyl/N-ethyl adjacent to an activating group) is 1. The third-order valence-corrected chi connectivity index (χ3v) is 2.27. The summed E-state index contributed by atoms with van der Waals surface area (Å²) in [6.07, 6.45) is 0.0807. The average molecular weight is 264 g/mol. The molecule has 2 N–H and O–H groups in total. The molecular weight excluding hydrogens is 248 g/mol. The molecule has 6 nitrogen and oxygen atoms in total. The van der Waals surface area contributed by atoms with E-state index in [0.717, 1.165) is 5.56 Å². The van der Waals surface area contributed by atoms with Crippen molar-refractivity contribution in [3.63, 3.8) is 0 Å². The van der Waals surface area contributed by atoms with Gasteiger partial charge < -0.3 is 15.4 Å². The summed E-state index contributed by atoms with van der Waals surface area (Å²) in [5, 5.41) is 4.98. The molecule has 0 aliphatic carbocycles. The first-order chi connectivity index (χ1) is 9.01. The molecule has 0 bridgehead atoms. The van der Waals surface area contributed by atoms with Gasteiger partial charge in [0.1, 0.15) is 0 Å². The van der Waals surface area contributed by atoms with E-state index in [1.165, 1.54) is 14.0 Å².